The Morgan fingerprint density at radius 1 is 1.29 bits per heavy atom. The standard InChI is InChI=1S/C15H20Cl2N2O2/c1-9(2)14(18-10(3)20)15(21)19(4)8-11-6-5-7-12(16)13(11)17/h5-7,9,14H,8H2,1-4H3,(H,18,20). The quantitative estimate of drug-likeness (QED) is 0.901. The van der Waals surface area contributed by atoms with Crippen LogP contribution in [0.2, 0.25) is 10.0 Å². The molecule has 116 valence electrons. The first kappa shape index (κ1) is 17.8. The van der Waals surface area contributed by atoms with Crippen molar-refractivity contribution in [2.45, 2.75) is 33.4 Å². The summed E-state index contributed by atoms with van der Waals surface area (Å²) in [5.74, 6) is -0.383. The number of nitrogens with zero attached hydrogens (tertiary/aromatic N) is 1. The van der Waals surface area contributed by atoms with Crippen LogP contribution in [0.15, 0.2) is 18.2 Å². The third kappa shape index (κ3) is 4.90. The molecule has 0 aromatic heterocycles. The zero-order chi connectivity index (χ0) is 16.2. The molecule has 0 aliphatic heterocycles. The molecular formula is C15H20Cl2N2O2. The van der Waals surface area contributed by atoms with Gasteiger partial charge in [0.25, 0.3) is 0 Å². The summed E-state index contributed by atoms with van der Waals surface area (Å²) in [6.07, 6.45) is 0. The highest BCUT2D eigenvalue weighted by atomic mass is 35.5. The number of hydrogen-bond acceptors (Lipinski definition) is 2. The number of benzene rings is 1. The van der Waals surface area contributed by atoms with Crippen LogP contribution in [0.3, 0.4) is 0 Å². The van der Waals surface area contributed by atoms with Gasteiger partial charge >= 0.3 is 0 Å². The van der Waals surface area contributed by atoms with E-state index >= 15 is 0 Å². The molecule has 0 heterocycles. The van der Waals surface area contributed by atoms with E-state index in [1.54, 1.807) is 19.2 Å². The van der Waals surface area contributed by atoms with Crippen LogP contribution in [-0.2, 0) is 16.1 Å². The molecule has 0 radical (unpaired) electrons. The summed E-state index contributed by atoms with van der Waals surface area (Å²) in [5, 5.41) is 3.58. The molecule has 1 unspecified atom stereocenters. The monoisotopic (exact) mass is 330 g/mol. The third-order valence-electron chi connectivity index (χ3n) is 3.11. The van der Waals surface area contributed by atoms with Gasteiger partial charge in [-0.1, -0.05) is 49.2 Å². The lowest BCUT2D eigenvalue weighted by atomic mass is 10.0. The molecule has 1 N–H and O–H groups in total. The van der Waals surface area contributed by atoms with Gasteiger partial charge < -0.3 is 10.2 Å². The summed E-state index contributed by atoms with van der Waals surface area (Å²) in [6, 6.07) is 4.75. The molecule has 1 atom stereocenters. The maximum absolute atomic E-state index is 12.5. The van der Waals surface area contributed by atoms with Gasteiger partial charge in [0.15, 0.2) is 0 Å². The van der Waals surface area contributed by atoms with E-state index in [-0.39, 0.29) is 17.7 Å². The lowest BCUT2D eigenvalue weighted by molar-refractivity contribution is -0.136. The fourth-order valence-electron chi connectivity index (χ4n) is 1.97. The normalized spacial score (nSPS) is 12.1. The Labute approximate surface area is 135 Å². The van der Waals surface area contributed by atoms with Crippen molar-refractivity contribution >= 4 is 35.0 Å². The van der Waals surface area contributed by atoms with E-state index < -0.39 is 6.04 Å². The molecule has 21 heavy (non-hydrogen) atoms. The Bertz CT molecular complexity index is 532. The Kier molecular flexibility index (Phi) is 6.49. The number of carbonyl (C=O) groups is 2. The van der Waals surface area contributed by atoms with E-state index in [0.717, 1.165) is 5.56 Å². The molecule has 0 aliphatic rings. The van der Waals surface area contributed by atoms with Crippen LogP contribution in [0.5, 0.6) is 0 Å². The van der Waals surface area contributed by atoms with Crippen LogP contribution in [0.4, 0.5) is 0 Å². The first-order chi connectivity index (χ1) is 9.73. The van der Waals surface area contributed by atoms with Gasteiger partial charge in [-0.2, -0.15) is 0 Å². The van der Waals surface area contributed by atoms with Crippen molar-refractivity contribution in [1.82, 2.24) is 10.2 Å². The number of carbonyl (C=O) groups excluding carboxylic acids is 2. The summed E-state index contributed by atoms with van der Waals surface area (Å²) in [7, 11) is 1.68. The maximum Gasteiger partial charge on any atom is 0.245 e. The fourth-order valence-corrected chi connectivity index (χ4v) is 2.35. The molecule has 1 aromatic rings. The van der Waals surface area contributed by atoms with Crippen LogP contribution < -0.4 is 5.32 Å². The van der Waals surface area contributed by atoms with Crippen LogP contribution >= 0.6 is 23.2 Å². The molecule has 0 spiro atoms. The zero-order valence-electron chi connectivity index (χ0n) is 12.6. The number of halogens is 2. The van der Waals surface area contributed by atoms with E-state index in [9.17, 15) is 9.59 Å². The minimum atomic E-state index is -0.551. The number of amides is 2. The zero-order valence-corrected chi connectivity index (χ0v) is 14.1. The molecule has 0 saturated carbocycles. The Morgan fingerprint density at radius 2 is 1.90 bits per heavy atom. The first-order valence-electron chi connectivity index (χ1n) is 6.69. The van der Waals surface area contributed by atoms with Gasteiger partial charge in [0.2, 0.25) is 11.8 Å². The van der Waals surface area contributed by atoms with E-state index in [4.69, 9.17) is 23.2 Å². The predicted octanol–water partition coefficient (Wildman–Crippen LogP) is 3.11. The Balaban J connectivity index is 2.86. The average molecular weight is 331 g/mol. The lowest BCUT2D eigenvalue weighted by Gasteiger charge is -2.27. The van der Waals surface area contributed by atoms with E-state index in [0.29, 0.717) is 16.6 Å². The van der Waals surface area contributed by atoms with Crippen molar-refractivity contribution in [3.05, 3.63) is 33.8 Å². The number of nitrogens with one attached hydrogen (secondary N) is 1. The van der Waals surface area contributed by atoms with Crippen LogP contribution in [-0.4, -0.2) is 29.8 Å². The summed E-state index contributed by atoms with van der Waals surface area (Å²) >= 11 is 12.1. The number of rotatable bonds is 5. The van der Waals surface area contributed by atoms with Gasteiger partial charge in [0, 0.05) is 20.5 Å². The molecular weight excluding hydrogens is 311 g/mol. The van der Waals surface area contributed by atoms with Gasteiger partial charge in [0.05, 0.1) is 10.0 Å². The van der Waals surface area contributed by atoms with Crippen LogP contribution in [0.25, 0.3) is 0 Å². The first-order valence-corrected chi connectivity index (χ1v) is 7.44. The van der Waals surface area contributed by atoms with Crippen molar-refractivity contribution in [2.75, 3.05) is 7.05 Å². The summed E-state index contributed by atoms with van der Waals surface area (Å²) < 4.78 is 0. The highest BCUT2D eigenvalue weighted by Crippen LogP contribution is 2.26. The van der Waals surface area contributed by atoms with Gasteiger partial charge in [-0.05, 0) is 17.5 Å². The van der Waals surface area contributed by atoms with Gasteiger partial charge in [0.1, 0.15) is 6.04 Å². The second-order valence-corrected chi connectivity index (χ2v) is 6.11. The van der Waals surface area contributed by atoms with Crippen molar-refractivity contribution < 1.29 is 9.59 Å². The predicted molar refractivity (Wildman–Crippen MR) is 85.4 cm³/mol. The minimum Gasteiger partial charge on any atom is -0.344 e. The SMILES string of the molecule is CC(=O)NC(C(=O)N(C)Cc1cccc(Cl)c1Cl)C(C)C. The van der Waals surface area contributed by atoms with E-state index in [1.807, 2.05) is 19.9 Å². The van der Waals surface area contributed by atoms with Crippen molar-refractivity contribution in [1.29, 1.82) is 0 Å². The average Bonchev–Trinajstić information content (AvgIpc) is 2.40. The molecule has 0 aliphatic carbocycles. The molecule has 2 amide bonds. The largest absolute Gasteiger partial charge is 0.344 e. The number of hydrogen-bond donors (Lipinski definition) is 1. The molecule has 0 saturated heterocycles. The maximum atomic E-state index is 12.5. The number of likely N-dealkylation sites (N-methyl/N-ethyl adjacent to an activating group) is 1. The van der Waals surface area contributed by atoms with Crippen molar-refractivity contribution in [2.24, 2.45) is 5.92 Å². The molecule has 0 fully saturated rings. The van der Waals surface area contributed by atoms with Gasteiger partial charge in [-0.15, -0.1) is 0 Å². The van der Waals surface area contributed by atoms with Crippen molar-refractivity contribution in [3.63, 3.8) is 0 Å². The second kappa shape index (κ2) is 7.66. The van der Waals surface area contributed by atoms with Gasteiger partial charge in [-0.25, -0.2) is 0 Å². The van der Waals surface area contributed by atoms with Crippen molar-refractivity contribution in [3.8, 4) is 0 Å². The molecule has 4 nitrogen and oxygen atoms in total. The van der Waals surface area contributed by atoms with Crippen LogP contribution in [0, 0.1) is 5.92 Å². The van der Waals surface area contributed by atoms with E-state index in [1.165, 1.54) is 11.8 Å². The second-order valence-electron chi connectivity index (χ2n) is 5.33. The molecule has 0 bridgehead atoms. The minimum absolute atomic E-state index is 0.00122. The smallest absolute Gasteiger partial charge is 0.245 e. The molecule has 1 rings (SSSR count). The summed E-state index contributed by atoms with van der Waals surface area (Å²) in [5.41, 5.74) is 0.769. The topological polar surface area (TPSA) is 49.4 Å². The van der Waals surface area contributed by atoms with Crippen LogP contribution in [0.1, 0.15) is 26.3 Å². The highest BCUT2D eigenvalue weighted by molar-refractivity contribution is 6.42. The van der Waals surface area contributed by atoms with E-state index in [2.05, 4.69) is 5.32 Å². The third-order valence-corrected chi connectivity index (χ3v) is 3.96. The summed E-state index contributed by atoms with van der Waals surface area (Å²) in [4.78, 5) is 25.2. The Morgan fingerprint density at radius 3 is 2.43 bits per heavy atom. The molecule has 6 heteroatoms. The Hall–Kier alpha value is -1.26. The van der Waals surface area contributed by atoms with Gasteiger partial charge in [-0.3, -0.25) is 9.59 Å². The summed E-state index contributed by atoms with van der Waals surface area (Å²) in [6.45, 7) is 5.51. The highest BCUT2D eigenvalue weighted by Gasteiger charge is 2.26. The lowest BCUT2D eigenvalue weighted by Crippen LogP contribution is -2.49. The molecule has 1 aromatic carbocycles. The fraction of sp³-hybridized carbons (Fsp3) is 0.467.